The third kappa shape index (κ3) is 3.96. The molecule has 0 amide bonds. The quantitative estimate of drug-likeness (QED) is 0.843. The van der Waals surface area contributed by atoms with Crippen molar-refractivity contribution in [1.82, 2.24) is 5.32 Å². The Morgan fingerprint density at radius 3 is 2.62 bits per heavy atom. The minimum Gasteiger partial charge on any atom is -0.497 e. The van der Waals surface area contributed by atoms with Crippen LogP contribution in [0.15, 0.2) is 42.5 Å². The van der Waals surface area contributed by atoms with Gasteiger partial charge in [0.1, 0.15) is 11.6 Å². The van der Waals surface area contributed by atoms with Gasteiger partial charge in [0.05, 0.1) is 18.2 Å². The summed E-state index contributed by atoms with van der Waals surface area (Å²) in [4.78, 5) is 0. The Bertz CT molecular complexity index is 603. The van der Waals surface area contributed by atoms with E-state index >= 15 is 0 Å². The highest BCUT2D eigenvalue weighted by atomic mass is 35.5. The molecule has 1 unspecified atom stereocenters. The van der Waals surface area contributed by atoms with Crippen LogP contribution in [0.2, 0.25) is 5.02 Å². The molecular weight excluding hydrogens is 289 g/mol. The van der Waals surface area contributed by atoms with Crippen LogP contribution >= 0.6 is 11.6 Å². The number of benzene rings is 2. The summed E-state index contributed by atoms with van der Waals surface area (Å²) in [7, 11) is 1.63. The summed E-state index contributed by atoms with van der Waals surface area (Å²) in [6.45, 7) is 2.93. The minimum atomic E-state index is -0.402. The lowest BCUT2D eigenvalue weighted by Gasteiger charge is -2.20. The molecule has 21 heavy (non-hydrogen) atoms. The van der Waals surface area contributed by atoms with Gasteiger partial charge in [-0.3, -0.25) is 0 Å². The molecule has 4 heteroatoms. The second kappa shape index (κ2) is 7.43. The highest BCUT2D eigenvalue weighted by Gasteiger charge is 2.15. The van der Waals surface area contributed by atoms with Crippen LogP contribution in [0.3, 0.4) is 0 Å². The van der Waals surface area contributed by atoms with E-state index in [1.165, 1.54) is 6.07 Å². The van der Waals surface area contributed by atoms with Crippen LogP contribution in [0.4, 0.5) is 4.39 Å². The predicted molar refractivity (Wildman–Crippen MR) is 84.5 cm³/mol. The fraction of sp³-hybridized carbons (Fsp3) is 0.294. The maximum absolute atomic E-state index is 13.7. The van der Waals surface area contributed by atoms with Gasteiger partial charge in [0.25, 0.3) is 0 Å². The van der Waals surface area contributed by atoms with E-state index in [1.54, 1.807) is 13.2 Å². The van der Waals surface area contributed by atoms with E-state index in [2.05, 4.69) is 12.2 Å². The molecule has 0 aromatic heterocycles. The maximum Gasteiger partial charge on any atom is 0.142 e. The standard InChI is InChI=1S/C17H19ClFNO/c1-3-9-20-17(12-5-4-6-14(10-12)21-2)13-7-8-15(18)16(19)11-13/h4-8,10-11,17,20H,3,9H2,1-2H3. The number of hydrogen-bond acceptors (Lipinski definition) is 2. The van der Waals surface area contributed by atoms with E-state index in [9.17, 15) is 4.39 Å². The number of nitrogens with one attached hydrogen (secondary N) is 1. The number of ether oxygens (including phenoxy) is 1. The molecule has 0 fully saturated rings. The summed E-state index contributed by atoms with van der Waals surface area (Å²) in [6, 6.07) is 12.6. The first-order chi connectivity index (χ1) is 10.2. The summed E-state index contributed by atoms with van der Waals surface area (Å²) in [5.41, 5.74) is 1.88. The van der Waals surface area contributed by atoms with Gasteiger partial charge in [0.2, 0.25) is 0 Å². The normalized spacial score (nSPS) is 12.2. The van der Waals surface area contributed by atoms with Gasteiger partial charge < -0.3 is 10.1 Å². The summed E-state index contributed by atoms with van der Waals surface area (Å²) in [5, 5.41) is 3.57. The van der Waals surface area contributed by atoms with Gasteiger partial charge in [0.15, 0.2) is 0 Å². The lowest BCUT2D eigenvalue weighted by Crippen LogP contribution is -2.23. The summed E-state index contributed by atoms with van der Waals surface area (Å²) < 4.78 is 19.0. The predicted octanol–water partition coefficient (Wildman–Crippen LogP) is 4.58. The average molecular weight is 308 g/mol. The van der Waals surface area contributed by atoms with Crippen molar-refractivity contribution in [3.63, 3.8) is 0 Å². The smallest absolute Gasteiger partial charge is 0.142 e. The van der Waals surface area contributed by atoms with Crippen LogP contribution in [-0.4, -0.2) is 13.7 Å². The Labute approximate surface area is 129 Å². The zero-order chi connectivity index (χ0) is 15.2. The molecule has 0 heterocycles. The van der Waals surface area contributed by atoms with Crippen LogP contribution in [0, 0.1) is 5.82 Å². The SMILES string of the molecule is CCCNC(c1cccc(OC)c1)c1ccc(Cl)c(F)c1. The van der Waals surface area contributed by atoms with Gasteiger partial charge in [-0.05, 0) is 48.4 Å². The summed E-state index contributed by atoms with van der Waals surface area (Å²) >= 11 is 5.77. The Hall–Kier alpha value is -1.58. The lowest BCUT2D eigenvalue weighted by atomic mass is 9.98. The largest absolute Gasteiger partial charge is 0.497 e. The van der Waals surface area contributed by atoms with E-state index in [0.29, 0.717) is 0 Å². The third-order valence-corrected chi connectivity index (χ3v) is 3.61. The molecular formula is C17H19ClFNO. The first-order valence-electron chi connectivity index (χ1n) is 6.98. The molecule has 1 N–H and O–H groups in total. The van der Waals surface area contributed by atoms with Crippen molar-refractivity contribution in [2.24, 2.45) is 0 Å². The Kier molecular flexibility index (Phi) is 5.59. The molecule has 112 valence electrons. The van der Waals surface area contributed by atoms with Crippen LogP contribution < -0.4 is 10.1 Å². The van der Waals surface area contributed by atoms with E-state index in [1.807, 2.05) is 30.3 Å². The van der Waals surface area contributed by atoms with Crippen molar-refractivity contribution in [2.45, 2.75) is 19.4 Å². The van der Waals surface area contributed by atoms with Gasteiger partial charge >= 0.3 is 0 Å². The molecule has 1 atom stereocenters. The summed E-state index contributed by atoms with van der Waals surface area (Å²) in [6.07, 6.45) is 0.997. The maximum atomic E-state index is 13.7. The van der Waals surface area contributed by atoms with Crippen LogP contribution in [0.1, 0.15) is 30.5 Å². The fourth-order valence-electron chi connectivity index (χ4n) is 2.23. The molecule has 0 aliphatic rings. The van der Waals surface area contributed by atoms with Crippen molar-refractivity contribution in [2.75, 3.05) is 13.7 Å². The lowest BCUT2D eigenvalue weighted by molar-refractivity contribution is 0.413. The van der Waals surface area contributed by atoms with Gasteiger partial charge in [-0.1, -0.05) is 36.7 Å². The molecule has 0 aliphatic carbocycles. The molecule has 0 spiro atoms. The molecule has 0 saturated heterocycles. The van der Waals surface area contributed by atoms with E-state index in [4.69, 9.17) is 16.3 Å². The number of hydrogen-bond donors (Lipinski definition) is 1. The van der Waals surface area contributed by atoms with Gasteiger partial charge in [-0.15, -0.1) is 0 Å². The second-order valence-corrected chi connectivity index (χ2v) is 5.24. The zero-order valence-corrected chi connectivity index (χ0v) is 13.0. The Morgan fingerprint density at radius 2 is 1.95 bits per heavy atom. The molecule has 2 nitrogen and oxygen atoms in total. The van der Waals surface area contributed by atoms with Crippen molar-refractivity contribution < 1.29 is 9.13 Å². The summed E-state index contributed by atoms with van der Waals surface area (Å²) in [5.74, 6) is 0.380. The highest BCUT2D eigenvalue weighted by Crippen LogP contribution is 2.27. The monoisotopic (exact) mass is 307 g/mol. The third-order valence-electron chi connectivity index (χ3n) is 3.30. The molecule has 2 aromatic carbocycles. The van der Waals surface area contributed by atoms with Crippen LogP contribution in [0.5, 0.6) is 5.75 Å². The van der Waals surface area contributed by atoms with Gasteiger partial charge in [-0.25, -0.2) is 4.39 Å². The van der Waals surface area contributed by atoms with Crippen molar-refractivity contribution in [1.29, 1.82) is 0 Å². The van der Waals surface area contributed by atoms with Crippen LogP contribution in [-0.2, 0) is 0 Å². The van der Waals surface area contributed by atoms with Crippen molar-refractivity contribution in [3.05, 3.63) is 64.4 Å². The van der Waals surface area contributed by atoms with Gasteiger partial charge in [0, 0.05) is 0 Å². The van der Waals surface area contributed by atoms with E-state index in [-0.39, 0.29) is 11.1 Å². The number of methoxy groups -OCH3 is 1. The van der Waals surface area contributed by atoms with Gasteiger partial charge in [-0.2, -0.15) is 0 Å². The zero-order valence-electron chi connectivity index (χ0n) is 12.2. The number of rotatable bonds is 6. The Morgan fingerprint density at radius 1 is 1.19 bits per heavy atom. The first kappa shape index (κ1) is 15.8. The van der Waals surface area contributed by atoms with Crippen molar-refractivity contribution in [3.8, 4) is 5.75 Å². The topological polar surface area (TPSA) is 21.3 Å². The fourth-order valence-corrected chi connectivity index (χ4v) is 2.35. The van der Waals surface area contributed by atoms with E-state index in [0.717, 1.165) is 29.8 Å². The molecule has 0 saturated carbocycles. The second-order valence-electron chi connectivity index (χ2n) is 4.84. The molecule has 0 radical (unpaired) electrons. The Balaban J connectivity index is 2.38. The molecule has 2 aromatic rings. The van der Waals surface area contributed by atoms with E-state index < -0.39 is 5.82 Å². The first-order valence-corrected chi connectivity index (χ1v) is 7.35. The molecule has 2 rings (SSSR count). The van der Waals surface area contributed by atoms with Crippen molar-refractivity contribution >= 4 is 11.6 Å². The number of halogens is 2. The van der Waals surface area contributed by atoms with Crippen LogP contribution in [0.25, 0.3) is 0 Å². The highest BCUT2D eigenvalue weighted by molar-refractivity contribution is 6.30. The molecule has 0 aliphatic heterocycles. The molecule has 0 bridgehead atoms. The minimum absolute atomic E-state index is 0.0909. The average Bonchev–Trinajstić information content (AvgIpc) is 2.51.